The Kier molecular flexibility index (Phi) is 7.48. The molecule has 0 N–H and O–H groups in total. The van der Waals surface area contributed by atoms with Crippen molar-refractivity contribution < 1.29 is 17.6 Å². The zero-order valence-corrected chi connectivity index (χ0v) is 22.0. The van der Waals surface area contributed by atoms with Crippen LogP contribution in [0.4, 0.5) is 0 Å². The van der Waals surface area contributed by atoms with E-state index in [-0.39, 0.29) is 11.6 Å². The summed E-state index contributed by atoms with van der Waals surface area (Å²) in [5, 5.41) is 7.90. The molecule has 0 spiro atoms. The van der Waals surface area contributed by atoms with Gasteiger partial charge in [-0.3, -0.25) is 4.57 Å². The van der Waals surface area contributed by atoms with Gasteiger partial charge in [-0.25, -0.2) is 28.4 Å². The number of halogens is 1. The maximum Gasteiger partial charge on any atom is 0.217 e. The van der Waals surface area contributed by atoms with Crippen LogP contribution in [0.1, 0.15) is 55.0 Å². The van der Waals surface area contributed by atoms with E-state index in [9.17, 15) is 8.42 Å². The first kappa shape index (κ1) is 25.9. The van der Waals surface area contributed by atoms with Gasteiger partial charge in [0.05, 0.1) is 16.5 Å². The third-order valence-electron chi connectivity index (χ3n) is 5.74. The molecule has 0 radical (unpaired) electrons. The van der Waals surface area contributed by atoms with Gasteiger partial charge in [0.25, 0.3) is 0 Å². The largest absolute Gasteiger partial charge is 0.444 e. The summed E-state index contributed by atoms with van der Waals surface area (Å²) < 4.78 is 40.0. The van der Waals surface area contributed by atoms with E-state index >= 15 is 0 Å². The molecule has 0 saturated carbocycles. The monoisotopic (exact) mass is 531 g/mol. The van der Waals surface area contributed by atoms with E-state index in [1.165, 1.54) is 19.5 Å². The highest BCUT2D eigenvalue weighted by molar-refractivity contribution is 7.91. The smallest absolute Gasteiger partial charge is 0.217 e. The first-order valence-electron chi connectivity index (χ1n) is 11.1. The van der Waals surface area contributed by atoms with Gasteiger partial charge in [-0.05, 0) is 39.8 Å². The molecule has 190 valence electrons. The van der Waals surface area contributed by atoms with Gasteiger partial charge in [-0.15, -0.1) is 10.2 Å². The summed E-state index contributed by atoms with van der Waals surface area (Å²) in [6, 6.07) is 5.01. The van der Waals surface area contributed by atoms with Gasteiger partial charge in [0, 0.05) is 25.2 Å². The van der Waals surface area contributed by atoms with Crippen molar-refractivity contribution in [3.63, 3.8) is 0 Å². The highest BCUT2D eigenvalue weighted by Crippen LogP contribution is 2.30. The number of nitrogens with zero attached hydrogens (tertiary/aromatic N) is 7. The van der Waals surface area contributed by atoms with Crippen LogP contribution in [0.3, 0.4) is 0 Å². The van der Waals surface area contributed by atoms with Crippen LogP contribution in [-0.4, -0.2) is 55.5 Å². The molecule has 4 rings (SSSR count). The van der Waals surface area contributed by atoms with Crippen LogP contribution >= 0.6 is 11.6 Å². The van der Waals surface area contributed by atoms with Gasteiger partial charge in [-0.2, -0.15) is 0 Å². The molecule has 3 atom stereocenters. The Morgan fingerprint density at radius 2 is 1.81 bits per heavy atom. The highest BCUT2D eigenvalue weighted by atomic mass is 35.5. The lowest BCUT2D eigenvalue weighted by atomic mass is 10.2. The zero-order chi connectivity index (χ0) is 26.0. The van der Waals surface area contributed by atoms with Crippen molar-refractivity contribution in [2.24, 2.45) is 0 Å². The average molecular weight is 532 g/mol. The summed E-state index contributed by atoms with van der Waals surface area (Å²) in [6.07, 6.45) is 3.49. The van der Waals surface area contributed by atoms with Crippen molar-refractivity contribution in [2.45, 2.75) is 50.8 Å². The molecule has 11 nitrogen and oxygen atoms in total. The molecule has 0 saturated heterocycles. The van der Waals surface area contributed by atoms with Gasteiger partial charge < -0.3 is 9.15 Å². The Bertz CT molecular complexity index is 1450. The summed E-state index contributed by atoms with van der Waals surface area (Å²) in [5.41, 5.74) is 1.34. The quantitative estimate of drug-likeness (QED) is 0.314. The number of oxazole rings is 1. The van der Waals surface area contributed by atoms with Crippen LogP contribution in [-0.2, 0) is 20.3 Å². The first-order valence-corrected chi connectivity index (χ1v) is 13.2. The number of aromatic nitrogens is 7. The molecule has 0 fully saturated rings. The summed E-state index contributed by atoms with van der Waals surface area (Å²) in [4.78, 5) is 17.1. The van der Waals surface area contributed by atoms with E-state index in [2.05, 4.69) is 30.1 Å². The number of ether oxygens (including phenoxy) is 1. The number of rotatable bonds is 9. The van der Waals surface area contributed by atoms with Gasteiger partial charge >= 0.3 is 0 Å². The predicted octanol–water partition coefficient (Wildman–Crippen LogP) is 3.69. The van der Waals surface area contributed by atoms with Gasteiger partial charge in [0.2, 0.25) is 5.89 Å². The molecule has 0 aliphatic carbocycles. The molecular formula is C23H26ClN7O4S. The lowest BCUT2D eigenvalue weighted by Crippen LogP contribution is -2.30. The second-order valence-electron chi connectivity index (χ2n) is 8.39. The molecule has 0 aliphatic rings. The Labute approximate surface area is 213 Å². The second kappa shape index (κ2) is 10.4. The maximum atomic E-state index is 13.6. The molecule has 4 heterocycles. The van der Waals surface area contributed by atoms with E-state index < -0.39 is 33.0 Å². The summed E-state index contributed by atoms with van der Waals surface area (Å²) >= 11 is 5.88. The Morgan fingerprint density at radius 1 is 1.08 bits per heavy atom. The predicted molar refractivity (Wildman–Crippen MR) is 132 cm³/mol. The fourth-order valence-corrected chi connectivity index (χ4v) is 5.35. The summed E-state index contributed by atoms with van der Waals surface area (Å²) in [7, 11) is -2.42. The van der Waals surface area contributed by atoms with Crippen LogP contribution < -0.4 is 0 Å². The Hall–Kier alpha value is -3.22. The molecule has 0 amide bonds. The van der Waals surface area contributed by atoms with Crippen molar-refractivity contribution in [3.05, 3.63) is 70.8 Å². The van der Waals surface area contributed by atoms with Crippen molar-refractivity contribution in [3.8, 4) is 11.5 Å². The van der Waals surface area contributed by atoms with Crippen LogP contribution in [0.25, 0.3) is 11.5 Å². The first-order chi connectivity index (χ1) is 17.1. The van der Waals surface area contributed by atoms with Gasteiger partial charge in [-0.1, -0.05) is 17.7 Å². The van der Waals surface area contributed by atoms with Crippen LogP contribution in [0.2, 0.25) is 5.02 Å². The summed E-state index contributed by atoms with van der Waals surface area (Å²) in [5.74, 6) is 1.46. The Balaban J connectivity index is 1.74. The molecule has 36 heavy (non-hydrogen) atoms. The SMILES string of the molecule is CO[C@H](c1ncc(Cl)cn1)[C@H](C)S(=O)(=O)Cc1nnc(-c2cccc(C)n2)n1[C@H](C)c1ncc(C)o1. The van der Waals surface area contributed by atoms with Crippen molar-refractivity contribution >= 4 is 21.4 Å². The van der Waals surface area contributed by atoms with E-state index in [0.29, 0.717) is 28.2 Å². The van der Waals surface area contributed by atoms with Crippen LogP contribution in [0.5, 0.6) is 0 Å². The number of hydrogen-bond acceptors (Lipinski definition) is 10. The summed E-state index contributed by atoms with van der Waals surface area (Å²) in [6.45, 7) is 7.04. The van der Waals surface area contributed by atoms with Crippen LogP contribution in [0.15, 0.2) is 41.2 Å². The fourth-order valence-electron chi connectivity index (χ4n) is 3.82. The number of hydrogen-bond donors (Lipinski definition) is 0. The Morgan fingerprint density at radius 3 is 2.42 bits per heavy atom. The molecule has 13 heteroatoms. The van der Waals surface area contributed by atoms with Gasteiger partial charge in [0.1, 0.15) is 35.2 Å². The third-order valence-corrected chi connectivity index (χ3v) is 7.98. The fraction of sp³-hybridized carbons (Fsp3) is 0.391. The van der Waals surface area contributed by atoms with Crippen molar-refractivity contribution in [1.82, 2.24) is 34.7 Å². The number of pyridine rings is 1. The molecule has 4 aromatic heterocycles. The van der Waals surface area contributed by atoms with Gasteiger partial charge in [0.15, 0.2) is 21.5 Å². The van der Waals surface area contributed by atoms with Crippen molar-refractivity contribution in [2.75, 3.05) is 7.11 Å². The molecule has 0 unspecified atom stereocenters. The molecule has 0 aromatic carbocycles. The van der Waals surface area contributed by atoms with Crippen molar-refractivity contribution in [1.29, 1.82) is 0 Å². The average Bonchev–Trinajstić information content (AvgIpc) is 3.46. The van der Waals surface area contributed by atoms with E-state index in [1.807, 2.05) is 26.0 Å². The van der Waals surface area contributed by atoms with E-state index in [0.717, 1.165) is 5.69 Å². The van der Waals surface area contributed by atoms with E-state index in [1.54, 1.807) is 30.7 Å². The second-order valence-corrected chi connectivity index (χ2v) is 11.2. The topological polar surface area (TPSA) is 139 Å². The lowest BCUT2D eigenvalue weighted by molar-refractivity contribution is 0.0948. The maximum absolute atomic E-state index is 13.6. The molecule has 4 aromatic rings. The molecular weight excluding hydrogens is 506 g/mol. The normalized spacial score (nSPS) is 14.5. The third kappa shape index (κ3) is 5.30. The zero-order valence-electron chi connectivity index (χ0n) is 20.5. The minimum absolute atomic E-state index is 0.215. The number of aryl methyl sites for hydroxylation is 2. The number of methoxy groups -OCH3 is 1. The standard InChI is InChI=1S/C23H26ClN7O4S/c1-13-7-6-8-18(28-13)22-30-29-19(31(22)15(3)23-27-9-14(2)35-23)12-36(32,33)16(4)20(34-5)21-25-10-17(24)11-26-21/h6-11,15-16,20H,12H2,1-5H3/t15-,16+,20+/m1/s1. The lowest BCUT2D eigenvalue weighted by Gasteiger charge is -2.22. The highest BCUT2D eigenvalue weighted by Gasteiger charge is 2.35. The molecule has 0 bridgehead atoms. The number of sulfone groups is 1. The molecule has 0 aliphatic heterocycles. The minimum atomic E-state index is -3.83. The van der Waals surface area contributed by atoms with Crippen LogP contribution in [0, 0.1) is 13.8 Å². The van der Waals surface area contributed by atoms with E-state index in [4.69, 9.17) is 20.8 Å². The minimum Gasteiger partial charge on any atom is -0.444 e.